The Hall–Kier alpha value is -1.62. The molecule has 2 saturated carbocycles. The molecule has 2 aromatic rings. The number of amides is 1. The minimum atomic E-state index is 0.216. The Morgan fingerprint density at radius 3 is 2.91 bits per heavy atom. The molecule has 1 aromatic heterocycles. The van der Waals surface area contributed by atoms with Crippen molar-refractivity contribution in [2.75, 3.05) is 18.4 Å². The number of fused-ring (bicyclic) bond motifs is 3. The number of rotatable bonds is 6. The highest BCUT2D eigenvalue weighted by atomic mass is 32.1. The molecule has 122 valence electrons. The van der Waals surface area contributed by atoms with Gasteiger partial charge >= 0.3 is 0 Å². The minimum absolute atomic E-state index is 0.216. The first kappa shape index (κ1) is 14.9. The lowest BCUT2D eigenvalue weighted by atomic mass is 9.86. The van der Waals surface area contributed by atoms with Crippen LogP contribution in [-0.4, -0.2) is 24.0 Å². The number of hydrogen-bond acceptors (Lipinski definition) is 4. The van der Waals surface area contributed by atoms with Crippen LogP contribution in [0, 0.1) is 17.8 Å². The van der Waals surface area contributed by atoms with E-state index in [0.29, 0.717) is 12.5 Å². The lowest BCUT2D eigenvalue weighted by Gasteiger charge is -2.20. The quantitative estimate of drug-likeness (QED) is 0.795. The van der Waals surface area contributed by atoms with Gasteiger partial charge in [0.25, 0.3) is 0 Å². The van der Waals surface area contributed by atoms with Crippen LogP contribution in [0.25, 0.3) is 10.2 Å². The fraction of sp³-hybridized carbons (Fsp3) is 0.556. The Balaban J connectivity index is 1.19. The molecular weight excluding hydrogens is 306 g/mol. The highest BCUT2D eigenvalue weighted by Crippen LogP contribution is 2.49. The maximum atomic E-state index is 12.1. The van der Waals surface area contributed by atoms with Crippen LogP contribution in [0.1, 0.15) is 32.1 Å². The highest BCUT2D eigenvalue weighted by molar-refractivity contribution is 7.22. The van der Waals surface area contributed by atoms with Gasteiger partial charge in [-0.25, -0.2) is 4.98 Å². The third kappa shape index (κ3) is 3.34. The Bertz CT molecular complexity index is 665. The van der Waals surface area contributed by atoms with Crippen molar-refractivity contribution in [3.8, 4) is 0 Å². The summed E-state index contributed by atoms with van der Waals surface area (Å²) in [6.07, 6.45) is 6.12. The average molecular weight is 329 g/mol. The fourth-order valence-electron chi connectivity index (χ4n) is 4.26. The second-order valence-electron chi connectivity index (χ2n) is 6.90. The zero-order valence-corrected chi connectivity index (χ0v) is 14.1. The molecule has 2 aliphatic rings. The van der Waals surface area contributed by atoms with E-state index in [-0.39, 0.29) is 5.91 Å². The van der Waals surface area contributed by atoms with Crippen LogP contribution in [0.2, 0.25) is 0 Å². The molecular formula is C18H23N3OS. The van der Waals surface area contributed by atoms with Crippen molar-refractivity contribution in [3.05, 3.63) is 24.3 Å². The number of hydrogen-bond donors (Lipinski definition) is 2. The van der Waals surface area contributed by atoms with Gasteiger partial charge in [-0.2, -0.15) is 0 Å². The Morgan fingerprint density at radius 2 is 2.13 bits per heavy atom. The number of nitrogens with zero attached hydrogens (tertiary/aromatic N) is 1. The third-order valence-corrected chi connectivity index (χ3v) is 6.34. The van der Waals surface area contributed by atoms with Crippen molar-refractivity contribution >= 4 is 32.6 Å². The van der Waals surface area contributed by atoms with Crippen molar-refractivity contribution in [2.45, 2.75) is 32.1 Å². The molecule has 1 aromatic carbocycles. The third-order valence-electron chi connectivity index (χ3n) is 5.35. The molecule has 0 spiro atoms. The van der Waals surface area contributed by atoms with E-state index in [4.69, 9.17) is 0 Å². The van der Waals surface area contributed by atoms with E-state index < -0.39 is 0 Å². The van der Waals surface area contributed by atoms with Crippen LogP contribution >= 0.6 is 11.3 Å². The van der Waals surface area contributed by atoms with Gasteiger partial charge in [0.15, 0.2) is 5.13 Å². The summed E-state index contributed by atoms with van der Waals surface area (Å²) in [6.45, 7) is 1.39. The van der Waals surface area contributed by atoms with Gasteiger partial charge in [-0.1, -0.05) is 29.9 Å². The lowest BCUT2D eigenvalue weighted by molar-refractivity contribution is -0.122. The summed E-state index contributed by atoms with van der Waals surface area (Å²) in [5, 5.41) is 7.28. The van der Waals surface area contributed by atoms with Gasteiger partial charge in [0, 0.05) is 19.5 Å². The lowest BCUT2D eigenvalue weighted by Crippen LogP contribution is -2.31. The zero-order valence-electron chi connectivity index (χ0n) is 13.3. The van der Waals surface area contributed by atoms with Crippen molar-refractivity contribution in [3.63, 3.8) is 0 Å². The van der Waals surface area contributed by atoms with E-state index in [1.54, 1.807) is 11.3 Å². The molecule has 0 aliphatic heterocycles. The average Bonchev–Trinajstić information content (AvgIpc) is 3.25. The van der Waals surface area contributed by atoms with Gasteiger partial charge in [0.1, 0.15) is 0 Å². The molecule has 4 rings (SSSR count). The van der Waals surface area contributed by atoms with Gasteiger partial charge < -0.3 is 10.6 Å². The topological polar surface area (TPSA) is 54.0 Å². The van der Waals surface area contributed by atoms with Gasteiger partial charge in [-0.05, 0) is 49.1 Å². The molecule has 0 saturated heterocycles. The zero-order chi connectivity index (χ0) is 15.6. The number of carbonyl (C=O) groups is 1. The molecule has 4 nitrogen and oxygen atoms in total. The van der Waals surface area contributed by atoms with Crippen molar-refractivity contribution in [1.29, 1.82) is 0 Å². The first-order valence-corrected chi connectivity index (χ1v) is 9.46. The Morgan fingerprint density at radius 1 is 1.22 bits per heavy atom. The fourth-order valence-corrected chi connectivity index (χ4v) is 5.15. The highest BCUT2D eigenvalue weighted by Gasteiger charge is 2.39. The molecule has 3 atom stereocenters. The molecule has 23 heavy (non-hydrogen) atoms. The van der Waals surface area contributed by atoms with Crippen molar-refractivity contribution in [2.24, 2.45) is 17.8 Å². The van der Waals surface area contributed by atoms with Crippen LogP contribution in [0.15, 0.2) is 24.3 Å². The largest absolute Gasteiger partial charge is 0.360 e. The number of aromatic nitrogens is 1. The SMILES string of the molecule is O=C(C[C@H]1C[C@H]2CC[C@H]1C2)NCCNc1nc2ccccc2s1. The van der Waals surface area contributed by atoms with Crippen LogP contribution in [0.4, 0.5) is 5.13 Å². The molecule has 5 heteroatoms. The monoisotopic (exact) mass is 329 g/mol. The van der Waals surface area contributed by atoms with Crippen LogP contribution in [0.5, 0.6) is 0 Å². The number of thiazole rings is 1. The first-order valence-electron chi connectivity index (χ1n) is 8.64. The Kier molecular flexibility index (Phi) is 4.21. The van der Waals surface area contributed by atoms with Crippen LogP contribution in [-0.2, 0) is 4.79 Å². The van der Waals surface area contributed by atoms with E-state index in [0.717, 1.165) is 35.4 Å². The molecule has 2 fully saturated rings. The molecule has 1 amide bonds. The van der Waals surface area contributed by atoms with Gasteiger partial charge in [-0.15, -0.1) is 0 Å². The van der Waals surface area contributed by atoms with E-state index >= 15 is 0 Å². The molecule has 1 heterocycles. The van der Waals surface area contributed by atoms with Gasteiger partial charge in [0.2, 0.25) is 5.91 Å². The van der Waals surface area contributed by atoms with E-state index in [2.05, 4.69) is 21.7 Å². The summed E-state index contributed by atoms with van der Waals surface area (Å²) < 4.78 is 1.19. The summed E-state index contributed by atoms with van der Waals surface area (Å²) >= 11 is 1.66. The van der Waals surface area contributed by atoms with Crippen LogP contribution in [0.3, 0.4) is 0 Å². The molecule has 2 N–H and O–H groups in total. The predicted octanol–water partition coefficient (Wildman–Crippen LogP) is 3.65. The van der Waals surface area contributed by atoms with Crippen LogP contribution < -0.4 is 10.6 Å². The predicted molar refractivity (Wildman–Crippen MR) is 94.7 cm³/mol. The Labute approximate surface area is 140 Å². The molecule has 0 radical (unpaired) electrons. The van der Waals surface area contributed by atoms with Gasteiger partial charge in [-0.3, -0.25) is 4.79 Å². The standard InChI is InChI=1S/C18H23N3OS/c22-17(11-14-10-12-5-6-13(14)9-12)19-7-8-20-18-21-15-3-1-2-4-16(15)23-18/h1-4,12-14H,5-11H2,(H,19,22)(H,20,21)/t12-,13-,14+/m0/s1. The summed E-state index contributed by atoms with van der Waals surface area (Å²) in [6, 6.07) is 8.13. The maximum absolute atomic E-state index is 12.1. The second kappa shape index (κ2) is 6.48. The summed E-state index contributed by atoms with van der Waals surface area (Å²) in [4.78, 5) is 16.6. The van der Waals surface area contributed by atoms with E-state index in [9.17, 15) is 4.79 Å². The summed E-state index contributed by atoms with van der Waals surface area (Å²) in [5.41, 5.74) is 1.03. The minimum Gasteiger partial charge on any atom is -0.360 e. The number of benzene rings is 1. The summed E-state index contributed by atoms with van der Waals surface area (Å²) in [5.74, 6) is 2.60. The molecule has 2 bridgehead atoms. The molecule has 0 unspecified atom stereocenters. The van der Waals surface area contributed by atoms with Crippen molar-refractivity contribution in [1.82, 2.24) is 10.3 Å². The van der Waals surface area contributed by atoms with Crippen molar-refractivity contribution < 1.29 is 4.79 Å². The van der Waals surface area contributed by atoms with E-state index in [1.807, 2.05) is 18.2 Å². The number of para-hydroxylation sites is 1. The number of anilines is 1. The number of nitrogens with one attached hydrogen (secondary N) is 2. The first-order chi connectivity index (χ1) is 11.3. The normalized spacial score (nSPS) is 25.8. The van der Waals surface area contributed by atoms with E-state index in [1.165, 1.54) is 30.4 Å². The second-order valence-corrected chi connectivity index (χ2v) is 7.93. The maximum Gasteiger partial charge on any atom is 0.220 e. The molecule has 2 aliphatic carbocycles. The smallest absolute Gasteiger partial charge is 0.220 e. The number of carbonyl (C=O) groups excluding carboxylic acids is 1. The van der Waals surface area contributed by atoms with Gasteiger partial charge in [0.05, 0.1) is 10.2 Å². The summed E-state index contributed by atoms with van der Waals surface area (Å²) in [7, 11) is 0.